The molecule has 0 radical (unpaired) electrons. The summed E-state index contributed by atoms with van der Waals surface area (Å²) in [5.41, 5.74) is 4.92. The molecule has 1 saturated heterocycles. The summed E-state index contributed by atoms with van der Waals surface area (Å²) >= 11 is 0. The third-order valence-electron chi connectivity index (χ3n) is 7.83. The topological polar surface area (TPSA) is 69.6 Å². The highest BCUT2D eigenvalue weighted by molar-refractivity contribution is 7.86. The van der Waals surface area contributed by atoms with Crippen LogP contribution in [0.2, 0.25) is 0 Å². The smallest absolute Gasteiger partial charge is 0.269 e. The van der Waals surface area contributed by atoms with Crippen LogP contribution < -0.4 is 5.32 Å². The molecule has 0 aliphatic carbocycles. The minimum absolute atomic E-state index is 0.101. The van der Waals surface area contributed by atoms with E-state index in [1.165, 1.54) is 16.7 Å². The van der Waals surface area contributed by atoms with Crippen molar-refractivity contribution in [1.29, 1.82) is 0 Å². The molecule has 3 aliphatic rings. The molecular formula is C25H32N2O3S. The highest BCUT2D eigenvalue weighted by atomic mass is 32.2. The van der Waals surface area contributed by atoms with Crippen LogP contribution in [-0.2, 0) is 23.0 Å². The summed E-state index contributed by atoms with van der Waals surface area (Å²) in [6.07, 6.45) is 3.58. The van der Waals surface area contributed by atoms with Crippen molar-refractivity contribution in [2.75, 3.05) is 19.6 Å². The normalized spacial score (nSPS) is 30.8. The van der Waals surface area contributed by atoms with Gasteiger partial charge in [0.25, 0.3) is 10.1 Å². The monoisotopic (exact) mass is 440 g/mol. The average molecular weight is 441 g/mol. The van der Waals surface area contributed by atoms with Crippen molar-refractivity contribution in [3.8, 4) is 0 Å². The van der Waals surface area contributed by atoms with E-state index in [4.69, 9.17) is 0 Å². The van der Waals surface area contributed by atoms with E-state index in [1.807, 2.05) is 12.1 Å². The van der Waals surface area contributed by atoms with E-state index in [1.54, 1.807) is 0 Å². The fraction of sp³-hybridized carbons (Fsp3) is 0.520. The minimum Gasteiger partial charge on any atom is -0.310 e. The van der Waals surface area contributed by atoms with Gasteiger partial charge in [-0.3, -0.25) is 9.45 Å². The molecular weight excluding hydrogens is 408 g/mol. The molecule has 2 aromatic carbocycles. The number of nitrogens with one attached hydrogen (secondary N) is 1. The van der Waals surface area contributed by atoms with E-state index >= 15 is 0 Å². The largest absolute Gasteiger partial charge is 0.310 e. The van der Waals surface area contributed by atoms with Crippen molar-refractivity contribution >= 4 is 10.1 Å². The van der Waals surface area contributed by atoms with Gasteiger partial charge in [-0.15, -0.1) is 0 Å². The van der Waals surface area contributed by atoms with Crippen molar-refractivity contribution in [3.05, 3.63) is 70.8 Å². The third kappa shape index (κ3) is 3.84. The van der Waals surface area contributed by atoms with Gasteiger partial charge >= 0.3 is 0 Å². The summed E-state index contributed by atoms with van der Waals surface area (Å²) in [6.45, 7) is 4.79. The maximum absolute atomic E-state index is 12.9. The van der Waals surface area contributed by atoms with Crippen LogP contribution in [0.25, 0.3) is 0 Å². The highest BCUT2D eigenvalue weighted by Crippen LogP contribution is 2.48. The summed E-state index contributed by atoms with van der Waals surface area (Å²) in [6, 6.07) is 16.5. The van der Waals surface area contributed by atoms with E-state index in [9.17, 15) is 13.0 Å². The van der Waals surface area contributed by atoms with Crippen LogP contribution in [0.5, 0.6) is 0 Å². The van der Waals surface area contributed by atoms with Crippen molar-refractivity contribution in [2.24, 2.45) is 11.8 Å². The second kappa shape index (κ2) is 8.32. The maximum atomic E-state index is 12.9. The molecule has 5 atom stereocenters. The zero-order valence-electron chi connectivity index (χ0n) is 18.1. The van der Waals surface area contributed by atoms with E-state index in [0.717, 1.165) is 50.9 Å². The Bertz CT molecular complexity index is 1050. The number of rotatable bonds is 4. The number of nitrogens with zero attached hydrogens (tertiary/aromatic N) is 1. The first kappa shape index (κ1) is 21.1. The Balaban J connectivity index is 1.56. The van der Waals surface area contributed by atoms with Gasteiger partial charge in [-0.2, -0.15) is 8.42 Å². The van der Waals surface area contributed by atoms with Gasteiger partial charge in [0.15, 0.2) is 0 Å². The molecule has 0 spiro atoms. The summed E-state index contributed by atoms with van der Waals surface area (Å²) in [7, 11) is -4.23. The molecule has 3 aliphatic heterocycles. The zero-order valence-corrected chi connectivity index (χ0v) is 18.9. The Labute approximate surface area is 185 Å². The van der Waals surface area contributed by atoms with Gasteiger partial charge in [0, 0.05) is 19.1 Å². The molecule has 1 unspecified atom stereocenters. The van der Waals surface area contributed by atoms with Gasteiger partial charge < -0.3 is 5.32 Å². The van der Waals surface area contributed by atoms with Crippen LogP contribution in [0, 0.1) is 11.8 Å². The van der Waals surface area contributed by atoms with Crippen LogP contribution in [0.3, 0.4) is 0 Å². The lowest BCUT2D eigenvalue weighted by Gasteiger charge is -2.51. The Morgan fingerprint density at radius 1 is 1.03 bits per heavy atom. The number of piperidine rings is 1. The minimum atomic E-state index is -4.23. The van der Waals surface area contributed by atoms with Gasteiger partial charge in [0.2, 0.25) is 0 Å². The van der Waals surface area contributed by atoms with Crippen LogP contribution in [0.4, 0.5) is 0 Å². The first-order chi connectivity index (χ1) is 15.0. The summed E-state index contributed by atoms with van der Waals surface area (Å²) in [4.78, 5) is 2.31. The molecule has 0 aromatic heterocycles. The van der Waals surface area contributed by atoms with Gasteiger partial charge in [0.1, 0.15) is 5.25 Å². The lowest BCUT2D eigenvalue weighted by Crippen LogP contribution is -2.56. The van der Waals surface area contributed by atoms with E-state index < -0.39 is 15.4 Å². The van der Waals surface area contributed by atoms with Crippen molar-refractivity contribution in [3.63, 3.8) is 0 Å². The third-order valence-corrected chi connectivity index (χ3v) is 9.13. The number of benzene rings is 2. The lowest BCUT2D eigenvalue weighted by molar-refractivity contribution is 0.0449. The van der Waals surface area contributed by atoms with Crippen molar-refractivity contribution in [1.82, 2.24) is 10.2 Å². The quantitative estimate of drug-likeness (QED) is 0.708. The first-order valence-electron chi connectivity index (χ1n) is 11.6. The Hall–Kier alpha value is -1.73. The molecule has 3 heterocycles. The molecule has 6 heteroatoms. The fourth-order valence-corrected chi connectivity index (χ4v) is 7.82. The predicted molar refractivity (Wildman–Crippen MR) is 123 cm³/mol. The van der Waals surface area contributed by atoms with Gasteiger partial charge in [0.05, 0.1) is 6.04 Å². The molecule has 5 rings (SSSR count). The van der Waals surface area contributed by atoms with Crippen molar-refractivity contribution in [2.45, 2.75) is 49.9 Å². The van der Waals surface area contributed by atoms with Crippen LogP contribution >= 0.6 is 0 Å². The number of hydrogen-bond acceptors (Lipinski definition) is 4. The molecule has 2 N–H and O–H groups in total. The molecule has 166 valence electrons. The van der Waals surface area contributed by atoms with E-state index in [2.05, 4.69) is 53.5 Å². The lowest BCUT2D eigenvalue weighted by atomic mass is 9.72. The van der Waals surface area contributed by atoms with Crippen molar-refractivity contribution < 1.29 is 13.0 Å². The Morgan fingerprint density at radius 2 is 1.71 bits per heavy atom. The predicted octanol–water partition coefficient (Wildman–Crippen LogP) is 3.78. The highest BCUT2D eigenvalue weighted by Gasteiger charge is 2.51. The van der Waals surface area contributed by atoms with Gasteiger partial charge in [-0.05, 0) is 59.9 Å². The molecule has 0 bridgehead atoms. The molecule has 2 aromatic rings. The van der Waals surface area contributed by atoms with E-state index in [0.29, 0.717) is 0 Å². The maximum Gasteiger partial charge on any atom is 0.269 e. The van der Waals surface area contributed by atoms with Gasteiger partial charge in [-0.1, -0.05) is 61.9 Å². The average Bonchev–Trinajstić information content (AvgIpc) is 2.78. The fourth-order valence-electron chi connectivity index (χ4n) is 6.40. The Morgan fingerprint density at radius 3 is 2.42 bits per heavy atom. The van der Waals surface area contributed by atoms with Gasteiger partial charge in [-0.25, -0.2) is 0 Å². The van der Waals surface area contributed by atoms with Crippen LogP contribution in [-0.4, -0.2) is 42.8 Å². The summed E-state index contributed by atoms with van der Waals surface area (Å²) in [5.74, 6) is 0.139. The summed E-state index contributed by atoms with van der Waals surface area (Å²) in [5, 5.41) is 2.84. The number of fused-ring (bicyclic) bond motifs is 4. The van der Waals surface area contributed by atoms with Crippen LogP contribution in [0.15, 0.2) is 48.5 Å². The molecule has 1 fully saturated rings. The molecule has 0 amide bonds. The first-order valence-corrected chi connectivity index (χ1v) is 13.1. The molecule has 0 saturated carbocycles. The summed E-state index contributed by atoms with van der Waals surface area (Å²) < 4.78 is 36.4. The van der Waals surface area contributed by atoms with E-state index in [-0.39, 0.29) is 23.9 Å². The molecule has 31 heavy (non-hydrogen) atoms. The standard InChI is InChI=1S/C25H32N2O3S/c1-2-17-16-27-14-12-19-8-4-6-10-21(19)24(27)25(31(28,29)30)22(17)15-23-20-9-5-3-7-18(20)11-13-26-23/h3-10,17,22-26H,2,11-16H2,1H3,(H,28,29,30)/t17-,22+,23+,24+,25?/m0/s1. The number of hydrogen-bond donors (Lipinski definition) is 2. The molecule has 5 nitrogen and oxygen atoms in total. The van der Waals surface area contributed by atoms with Crippen LogP contribution in [0.1, 0.15) is 54.1 Å². The SMILES string of the molecule is CC[C@H]1CN2CCc3ccccc3[C@@H]2C(S(=O)(=O)O)[C@@H]1C[C@H]1NCCc2ccccc21. The zero-order chi connectivity index (χ0) is 21.6. The second-order valence-electron chi connectivity index (χ2n) is 9.39. The Kier molecular flexibility index (Phi) is 5.67. The second-order valence-corrected chi connectivity index (χ2v) is 11.0.